The van der Waals surface area contributed by atoms with E-state index >= 15 is 0 Å². The summed E-state index contributed by atoms with van der Waals surface area (Å²) >= 11 is 0. The lowest BCUT2D eigenvalue weighted by Crippen LogP contribution is -2.35. The van der Waals surface area contributed by atoms with Crippen molar-refractivity contribution in [2.24, 2.45) is 7.05 Å². The fraction of sp³-hybridized carbons (Fsp3) is 0.500. The van der Waals surface area contributed by atoms with Crippen LogP contribution in [-0.2, 0) is 13.2 Å². The van der Waals surface area contributed by atoms with Gasteiger partial charge in [0.05, 0.1) is 11.9 Å². The zero-order valence-corrected chi connectivity index (χ0v) is 12.6. The molecule has 0 radical (unpaired) electrons. The van der Waals surface area contributed by atoms with Crippen molar-refractivity contribution in [2.45, 2.75) is 25.1 Å². The van der Waals surface area contributed by atoms with Crippen LogP contribution in [0.2, 0.25) is 0 Å². The van der Waals surface area contributed by atoms with E-state index in [9.17, 15) is 13.2 Å². The highest BCUT2D eigenvalue weighted by atomic mass is 19.4. The summed E-state index contributed by atoms with van der Waals surface area (Å²) in [5.41, 5.74) is -0.700. The summed E-state index contributed by atoms with van der Waals surface area (Å²) in [5, 5.41) is 10.3. The van der Waals surface area contributed by atoms with Crippen LogP contribution in [0, 0.1) is 0 Å². The van der Waals surface area contributed by atoms with Gasteiger partial charge >= 0.3 is 6.18 Å². The van der Waals surface area contributed by atoms with Crippen LogP contribution in [0.5, 0.6) is 0 Å². The van der Waals surface area contributed by atoms with Crippen molar-refractivity contribution in [3.05, 3.63) is 24.2 Å². The Balaban J connectivity index is 1.94. The second-order valence-electron chi connectivity index (χ2n) is 5.52. The summed E-state index contributed by atoms with van der Waals surface area (Å²) < 4.78 is 41.0. The van der Waals surface area contributed by atoms with Gasteiger partial charge in [0.25, 0.3) is 0 Å². The first-order chi connectivity index (χ1) is 10.9. The van der Waals surface area contributed by atoms with Crippen molar-refractivity contribution in [1.29, 1.82) is 0 Å². The molecule has 0 saturated carbocycles. The predicted molar refractivity (Wildman–Crippen MR) is 78.8 cm³/mol. The first kappa shape index (κ1) is 15.7. The van der Waals surface area contributed by atoms with Crippen LogP contribution in [-0.4, -0.2) is 38.9 Å². The van der Waals surface area contributed by atoms with E-state index in [1.165, 1.54) is 17.1 Å². The molecule has 2 aromatic heterocycles. The summed E-state index contributed by atoms with van der Waals surface area (Å²) in [5.74, 6) is 0.212. The lowest BCUT2D eigenvalue weighted by Gasteiger charge is -2.24. The molecule has 6 nitrogen and oxygen atoms in total. The van der Waals surface area contributed by atoms with Gasteiger partial charge in [-0.05, 0) is 25.9 Å². The van der Waals surface area contributed by atoms with E-state index in [0.29, 0.717) is 5.56 Å². The molecule has 0 aliphatic carbocycles. The summed E-state index contributed by atoms with van der Waals surface area (Å²) in [6, 6.07) is 0.162. The molecule has 3 heterocycles. The molecule has 2 aromatic rings. The van der Waals surface area contributed by atoms with Crippen molar-refractivity contribution in [3.63, 3.8) is 0 Å². The lowest BCUT2D eigenvalue weighted by molar-refractivity contribution is -0.137. The molecule has 3 rings (SSSR count). The SMILES string of the molecule is Cn1cc(-c2nc(NC3CCNCC3)ncc2C(F)(F)F)cn1. The number of rotatable bonds is 3. The van der Waals surface area contributed by atoms with Crippen LogP contribution in [0.3, 0.4) is 0 Å². The number of halogens is 3. The number of aromatic nitrogens is 4. The number of alkyl halides is 3. The van der Waals surface area contributed by atoms with Crippen molar-refractivity contribution in [1.82, 2.24) is 25.1 Å². The minimum Gasteiger partial charge on any atom is -0.351 e. The summed E-state index contributed by atoms with van der Waals surface area (Å²) in [7, 11) is 1.64. The Morgan fingerprint density at radius 3 is 2.61 bits per heavy atom. The van der Waals surface area contributed by atoms with Gasteiger partial charge in [-0.15, -0.1) is 0 Å². The fourth-order valence-electron chi connectivity index (χ4n) is 2.57. The van der Waals surface area contributed by atoms with Gasteiger partial charge in [-0.1, -0.05) is 0 Å². The van der Waals surface area contributed by atoms with Gasteiger partial charge in [0.2, 0.25) is 5.95 Å². The zero-order chi connectivity index (χ0) is 16.4. The molecule has 1 fully saturated rings. The second-order valence-corrected chi connectivity index (χ2v) is 5.52. The Morgan fingerprint density at radius 2 is 2.00 bits per heavy atom. The van der Waals surface area contributed by atoms with E-state index in [0.717, 1.165) is 32.1 Å². The zero-order valence-electron chi connectivity index (χ0n) is 12.6. The molecule has 2 N–H and O–H groups in total. The van der Waals surface area contributed by atoms with Gasteiger partial charge in [-0.25, -0.2) is 9.97 Å². The van der Waals surface area contributed by atoms with Crippen LogP contribution in [0.15, 0.2) is 18.6 Å². The molecule has 23 heavy (non-hydrogen) atoms. The largest absolute Gasteiger partial charge is 0.419 e. The third-order valence-electron chi connectivity index (χ3n) is 3.74. The molecule has 0 atom stereocenters. The van der Waals surface area contributed by atoms with Crippen molar-refractivity contribution in [3.8, 4) is 11.3 Å². The quantitative estimate of drug-likeness (QED) is 0.904. The number of hydrogen-bond donors (Lipinski definition) is 2. The number of nitrogens with one attached hydrogen (secondary N) is 2. The molecule has 0 amide bonds. The molecule has 1 saturated heterocycles. The minimum absolute atomic E-state index is 0.156. The Hall–Kier alpha value is -2.16. The van der Waals surface area contributed by atoms with Crippen molar-refractivity contribution in [2.75, 3.05) is 18.4 Å². The van der Waals surface area contributed by atoms with Crippen LogP contribution >= 0.6 is 0 Å². The summed E-state index contributed by atoms with van der Waals surface area (Å²) in [6.07, 6.45) is 0.953. The highest BCUT2D eigenvalue weighted by Gasteiger charge is 2.36. The van der Waals surface area contributed by atoms with Crippen molar-refractivity contribution < 1.29 is 13.2 Å². The maximum Gasteiger partial charge on any atom is 0.419 e. The Morgan fingerprint density at radius 1 is 1.26 bits per heavy atom. The third kappa shape index (κ3) is 3.61. The van der Waals surface area contributed by atoms with Crippen LogP contribution < -0.4 is 10.6 Å². The smallest absolute Gasteiger partial charge is 0.351 e. The molecular formula is C14H17F3N6. The maximum atomic E-state index is 13.2. The number of nitrogens with zero attached hydrogens (tertiary/aromatic N) is 4. The third-order valence-corrected chi connectivity index (χ3v) is 3.74. The van der Waals surface area contributed by atoms with E-state index in [1.807, 2.05) is 0 Å². The summed E-state index contributed by atoms with van der Waals surface area (Å²) in [6.45, 7) is 1.74. The van der Waals surface area contributed by atoms with Gasteiger partial charge in [0.15, 0.2) is 0 Å². The molecule has 0 unspecified atom stereocenters. The van der Waals surface area contributed by atoms with E-state index in [4.69, 9.17) is 0 Å². The highest BCUT2D eigenvalue weighted by molar-refractivity contribution is 5.63. The average molecular weight is 326 g/mol. The maximum absolute atomic E-state index is 13.2. The minimum atomic E-state index is -4.52. The Kier molecular flexibility index (Phi) is 4.20. The van der Waals surface area contributed by atoms with E-state index in [1.54, 1.807) is 7.05 Å². The average Bonchev–Trinajstić information content (AvgIpc) is 2.94. The van der Waals surface area contributed by atoms with Gasteiger partial charge in [0, 0.05) is 31.0 Å². The molecule has 9 heteroatoms. The molecule has 1 aliphatic heterocycles. The van der Waals surface area contributed by atoms with Crippen LogP contribution in [0.4, 0.5) is 19.1 Å². The first-order valence-corrected chi connectivity index (χ1v) is 7.34. The van der Waals surface area contributed by atoms with Gasteiger partial charge < -0.3 is 10.6 Å². The molecule has 0 bridgehead atoms. The summed E-state index contributed by atoms with van der Waals surface area (Å²) in [4.78, 5) is 7.94. The van der Waals surface area contributed by atoms with E-state index < -0.39 is 11.7 Å². The molecule has 0 aromatic carbocycles. The van der Waals surface area contributed by atoms with E-state index in [-0.39, 0.29) is 17.7 Å². The topological polar surface area (TPSA) is 67.7 Å². The molecule has 124 valence electrons. The lowest BCUT2D eigenvalue weighted by atomic mass is 10.1. The van der Waals surface area contributed by atoms with E-state index in [2.05, 4.69) is 25.7 Å². The molecule has 1 aliphatic rings. The fourth-order valence-corrected chi connectivity index (χ4v) is 2.57. The second kappa shape index (κ2) is 6.15. The number of piperidine rings is 1. The van der Waals surface area contributed by atoms with Gasteiger partial charge in [-0.3, -0.25) is 4.68 Å². The van der Waals surface area contributed by atoms with Crippen LogP contribution in [0.25, 0.3) is 11.3 Å². The Bertz CT molecular complexity index is 675. The highest BCUT2D eigenvalue weighted by Crippen LogP contribution is 2.35. The number of aryl methyl sites for hydroxylation is 1. The van der Waals surface area contributed by atoms with Crippen molar-refractivity contribution >= 4 is 5.95 Å². The monoisotopic (exact) mass is 326 g/mol. The van der Waals surface area contributed by atoms with Crippen LogP contribution in [0.1, 0.15) is 18.4 Å². The molecular weight excluding hydrogens is 309 g/mol. The number of anilines is 1. The normalized spacial score (nSPS) is 16.5. The Labute approximate surface area is 131 Å². The van der Waals surface area contributed by atoms with Gasteiger partial charge in [-0.2, -0.15) is 18.3 Å². The first-order valence-electron chi connectivity index (χ1n) is 7.34. The predicted octanol–water partition coefficient (Wildman–Crippen LogP) is 2.06. The number of hydrogen-bond acceptors (Lipinski definition) is 5. The standard InChI is InChI=1S/C14H17F3N6/c1-23-8-9(6-20-23)12-11(14(15,16)17)7-19-13(22-12)21-10-2-4-18-5-3-10/h6-8,10,18H,2-5H2,1H3,(H,19,21,22). The van der Waals surface area contributed by atoms with Gasteiger partial charge in [0.1, 0.15) is 5.56 Å². The molecule has 0 spiro atoms.